The standard InChI is InChI=1S/C21H22N2O3/c1-13(2)26-16-9-10-19(14(3)11-16)22-20(24)12-23-15(4)17-7-5-6-8-18(17)21(23)25/h5-11,13H,4,12H2,1-3H3,(H,22,24). The molecule has 5 nitrogen and oxygen atoms in total. The van der Waals surface area contributed by atoms with Gasteiger partial charge in [0.2, 0.25) is 5.91 Å². The Balaban J connectivity index is 1.69. The number of hydrogen-bond acceptors (Lipinski definition) is 3. The van der Waals surface area contributed by atoms with E-state index in [1.54, 1.807) is 18.2 Å². The van der Waals surface area contributed by atoms with Crippen LogP contribution < -0.4 is 10.1 Å². The zero-order chi connectivity index (χ0) is 18.8. The number of carbonyl (C=O) groups excluding carboxylic acids is 2. The molecule has 1 heterocycles. The molecule has 0 unspecified atom stereocenters. The van der Waals surface area contributed by atoms with Crippen molar-refractivity contribution >= 4 is 23.2 Å². The summed E-state index contributed by atoms with van der Waals surface area (Å²) in [5, 5.41) is 2.86. The van der Waals surface area contributed by atoms with E-state index in [0.717, 1.165) is 16.9 Å². The summed E-state index contributed by atoms with van der Waals surface area (Å²) in [4.78, 5) is 26.3. The van der Waals surface area contributed by atoms with Crippen LogP contribution in [0.2, 0.25) is 0 Å². The molecule has 0 saturated carbocycles. The molecule has 2 aromatic carbocycles. The second kappa shape index (κ2) is 7.04. The summed E-state index contributed by atoms with van der Waals surface area (Å²) in [7, 11) is 0. The third-order valence-corrected chi connectivity index (χ3v) is 4.18. The highest BCUT2D eigenvalue weighted by Gasteiger charge is 2.31. The summed E-state index contributed by atoms with van der Waals surface area (Å²) in [6, 6.07) is 12.7. The van der Waals surface area contributed by atoms with Gasteiger partial charge >= 0.3 is 0 Å². The Hall–Kier alpha value is -3.08. The van der Waals surface area contributed by atoms with Gasteiger partial charge in [0.25, 0.3) is 5.91 Å². The van der Waals surface area contributed by atoms with Crippen molar-refractivity contribution in [2.75, 3.05) is 11.9 Å². The number of carbonyl (C=O) groups is 2. The molecule has 26 heavy (non-hydrogen) atoms. The minimum absolute atomic E-state index is 0.0734. The number of rotatable bonds is 5. The Morgan fingerprint density at radius 1 is 1.19 bits per heavy atom. The SMILES string of the molecule is C=C1c2ccccc2C(=O)N1CC(=O)Nc1ccc(OC(C)C)cc1C. The number of nitrogens with zero attached hydrogens (tertiary/aromatic N) is 1. The van der Waals surface area contributed by atoms with Gasteiger partial charge in [-0.2, -0.15) is 0 Å². The first-order valence-corrected chi connectivity index (χ1v) is 8.54. The second-order valence-electron chi connectivity index (χ2n) is 6.58. The van der Waals surface area contributed by atoms with Gasteiger partial charge < -0.3 is 10.1 Å². The molecule has 0 aromatic heterocycles. The number of ether oxygens (including phenoxy) is 1. The maximum Gasteiger partial charge on any atom is 0.259 e. The van der Waals surface area contributed by atoms with Gasteiger partial charge in [0.15, 0.2) is 0 Å². The van der Waals surface area contributed by atoms with E-state index in [0.29, 0.717) is 16.9 Å². The Kier molecular flexibility index (Phi) is 4.80. The van der Waals surface area contributed by atoms with Crippen LogP contribution in [0.15, 0.2) is 49.0 Å². The number of nitrogens with one attached hydrogen (secondary N) is 1. The quantitative estimate of drug-likeness (QED) is 0.891. The van der Waals surface area contributed by atoms with E-state index >= 15 is 0 Å². The van der Waals surface area contributed by atoms with Crippen LogP contribution in [0, 0.1) is 6.92 Å². The lowest BCUT2D eigenvalue weighted by Crippen LogP contribution is -2.32. The van der Waals surface area contributed by atoms with Gasteiger partial charge in [0.1, 0.15) is 12.3 Å². The highest BCUT2D eigenvalue weighted by molar-refractivity contribution is 6.11. The molecule has 0 radical (unpaired) electrons. The molecule has 0 bridgehead atoms. The van der Waals surface area contributed by atoms with Crippen molar-refractivity contribution in [3.8, 4) is 5.75 Å². The van der Waals surface area contributed by atoms with Crippen molar-refractivity contribution in [1.29, 1.82) is 0 Å². The van der Waals surface area contributed by atoms with Gasteiger partial charge in [0, 0.05) is 22.5 Å². The molecule has 0 fully saturated rings. The summed E-state index contributed by atoms with van der Waals surface area (Å²) in [5.41, 5.74) is 3.50. The lowest BCUT2D eigenvalue weighted by atomic mass is 10.1. The number of benzene rings is 2. The molecule has 5 heteroatoms. The van der Waals surface area contributed by atoms with Crippen molar-refractivity contribution in [3.63, 3.8) is 0 Å². The molecule has 2 amide bonds. The molecule has 0 saturated heterocycles. The van der Waals surface area contributed by atoms with Gasteiger partial charge in [-0.15, -0.1) is 0 Å². The Morgan fingerprint density at radius 2 is 1.88 bits per heavy atom. The van der Waals surface area contributed by atoms with Crippen molar-refractivity contribution in [2.24, 2.45) is 0 Å². The van der Waals surface area contributed by atoms with Crippen molar-refractivity contribution < 1.29 is 14.3 Å². The molecular formula is C21H22N2O3. The van der Waals surface area contributed by atoms with Gasteiger partial charge in [-0.05, 0) is 50.6 Å². The third-order valence-electron chi connectivity index (χ3n) is 4.18. The summed E-state index contributed by atoms with van der Waals surface area (Å²) < 4.78 is 5.65. The average molecular weight is 350 g/mol. The second-order valence-corrected chi connectivity index (χ2v) is 6.58. The molecular weight excluding hydrogens is 328 g/mol. The van der Waals surface area contributed by atoms with E-state index in [1.165, 1.54) is 4.90 Å². The Labute approximate surface area is 153 Å². The summed E-state index contributed by atoms with van der Waals surface area (Å²) in [6.07, 6.45) is 0.0867. The highest BCUT2D eigenvalue weighted by atomic mass is 16.5. The van der Waals surface area contributed by atoms with Gasteiger partial charge in [-0.3, -0.25) is 14.5 Å². The fourth-order valence-corrected chi connectivity index (χ4v) is 2.96. The molecule has 3 rings (SSSR count). The van der Waals surface area contributed by atoms with E-state index in [2.05, 4.69) is 11.9 Å². The van der Waals surface area contributed by atoms with Crippen LogP contribution in [0.1, 0.15) is 35.3 Å². The molecule has 134 valence electrons. The van der Waals surface area contributed by atoms with Crippen molar-refractivity contribution in [2.45, 2.75) is 26.9 Å². The molecule has 0 aliphatic carbocycles. The van der Waals surface area contributed by atoms with Crippen molar-refractivity contribution in [1.82, 2.24) is 4.90 Å². The summed E-state index contributed by atoms with van der Waals surface area (Å²) in [6.45, 7) is 9.70. The van der Waals surface area contributed by atoms with Crippen LogP contribution in [-0.4, -0.2) is 29.4 Å². The fraction of sp³-hybridized carbons (Fsp3) is 0.238. The van der Waals surface area contributed by atoms with Crippen LogP contribution in [0.3, 0.4) is 0 Å². The topological polar surface area (TPSA) is 58.6 Å². The van der Waals surface area contributed by atoms with Gasteiger partial charge in [-0.1, -0.05) is 24.8 Å². The molecule has 0 atom stereocenters. The van der Waals surface area contributed by atoms with Gasteiger partial charge in [-0.25, -0.2) is 0 Å². The van der Waals surface area contributed by atoms with E-state index in [9.17, 15) is 9.59 Å². The fourth-order valence-electron chi connectivity index (χ4n) is 2.96. The minimum atomic E-state index is -0.270. The predicted octanol–water partition coefficient (Wildman–Crippen LogP) is 3.85. The number of amides is 2. The maximum absolute atomic E-state index is 12.5. The van der Waals surface area contributed by atoms with E-state index in [-0.39, 0.29) is 24.5 Å². The van der Waals surface area contributed by atoms with E-state index in [1.807, 2.05) is 45.0 Å². The van der Waals surface area contributed by atoms with Crippen LogP contribution in [0.4, 0.5) is 5.69 Å². The van der Waals surface area contributed by atoms with Crippen LogP contribution in [0.5, 0.6) is 5.75 Å². The van der Waals surface area contributed by atoms with Crippen LogP contribution in [-0.2, 0) is 4.79 Å². The first-order valence-electron chi connectivity index (χ1n) is 8.54. The van der Waals surface area contributed by atoms with E-state index < -0.39 is 0 Å². The largest absolute Gasteiger partial charge is 0.491 e. The number of anilines is 1. The smallest absolute Gasteiger partial charge is 0.259 e. The normalized spacial score (nSPS) is 13.2. The monoisotopic (exact) mass is 350 g/mol. The Morgan fingerprint density at radius 3 is 2.50 bits per heavy atom. The third kappa shape index (κ3) is 3.47. The molecule has 1 aliphatic heterocycles. The lowest BCUT2D eigenvalue weighted by molar-refractivity contribution is -0.116. The molecule has 0 spiro atoms. The molecule has 1 aliphatic rings. The zero-order valence-corrected chi connectivity index (χ0v) is 15.2. The molecule has 2 aromatic rings. The zero-order valence-electron chi connectivity index (χ0n) is 15.2. The van der Waals surface area contributed by atoms with Crippen LogP contribution >= 0.6 is 0 Å². The average Bonchev–Trinajstić information content (AvgIpc) is 2.82. The summed E-state index contributed by atoms with van der Waals surface area (Å²) in [5.74, 6) is 0.292. The van der Waals surface area contributed by atoms with Crippen LogP contribution in [0.25, 0.3) is 5.70 Å². The van der Waals surface area contributed by atoms with E-state index in [4.69, 9.17) is 4.74 Å². The van der Waals surface area contributed by atoms with Gasteiger partial charge in [0.05, 0.1) is 6.10 Å². The van der Waals surface area contributed by atoms with Crippen molar-refractivity contribution in [3.05, 3.63) is 65.7 Å². The number of hydrogen-bond donors (Lipinski definition) is 1. The number of fused-ring (bicyclic) bond motifs is 1. The lowest BCUT2D eigenvalue weighted by Gasteiger charge is -2.18. The minimum Gasteiger partial charge on any atom is -0.491 e. The number of aryl methyl sites for hydroxylation is 1. The first kappa shape index (κ1) is 17.7. The maximum atomic E-state index is 12.5. The molecule has 1 N–H and O–H groups in total. The highest BCUT2D eigenvalue weighted by Crippen LogP contribution is 2.31. The Bertz CT molecular complexity index is 852. The first-order chi connectivity index (χ1) is 12.4. The predicted molar refractivity (Wildman–Crippen MR) is 102 cm³/mol. The summed E-state index contributed by atoms with van der Waals surface area (Å²) >= 11 is 0.